The van der Waals surface area contributed by atoms with Gasteiger partial charge >= 0.3 is 0 Å². The minimum atomic E-state index is -0.243. The van der Waals surface area contributed by atoms with Gasteiger partial charge in [-0.05, 0) is 18.2 Å². The second-order valence-corrected chi connectivity index (χ2v) is 3.59. The van der Waals surface area contributed by atoms with E-state index in [2.05, 4.69) is 15.2 Å². The van der Waals surface area contributed by atoms with Gasteiger partial charge in [0, 0.05) is 17.0 Å². The third kappa shape index (κ3) is 1.25. The lowest BCUT2D eigenvalue weighted by Gasteiger charge is -1.89. The molecule has 16 heavy (non-hydrogen) atoms. The number of hydrogen-bond donors (Lipinski definition) is 3. The highest BCUT2D eigenvalue weighted by Crippen LogP contribution is 2.25. The number of nitrogen functional groups attached to an aromatic ring is 1. The van der Waals surface area contributed by atoms with Crippen LogP contribution in [0.3, 0.4) is 0 Å². The Labute approximate surface area is 90.3 Å². The molecule has 0 amide bonds. The van der Waals surface area contributed by atoms with E-state index in [1.807, 2.05) is 6.07 Å². The Bertz CT molecular complexity index is 653. The molecule has 0 aliphatic rings. The molecular formula is C11H9FN4. The van der Waals surface area contributed by atoms with E-state index in [9.17, 15) is 4.39 Å². The second-order valence-electron chi connectivity index (χ2n) is 3.59. The number of rotatable bonds is 1. The molecule has 5 heteroatoms. The highest BCUT2D eigenvalue weighted by Gasteiger charge is 2.08. The lowest BCUT2D eigenvalue weighted by molar-refractivity contribution is 0.640. The van der Waals surface area contributed by atoms with Gasteiger partial charge in [0.2, 0.25) is 0 Å². The Morgan fingerprint density at radius 3 is 2.75 bits per heavy atom. The molecule has 2 heterocycles. The molecule has 0 spiro atoms. The van der Waals surface area contributed by atoms with Crippen molar-refractivity contribution in [2.24, 2.45) is 0 Å². The Morgan fingerprint density at radius 1 is 1.19 bits per heavy atom. The van der Waals surface area contributed by atoms with Crippen LogP contribution >= 0.6 is 0 Å². The molecule has 3 rings (SSSR count). The summed E-state index contributed by atoms with van der Waals surface area (Å²) in [5, 5.41) is 7.16. The number of nitrogens with two attached hydrogens (primary N) is 1. The summed E-state index contributed by atoms with van der Waals surface area (Å²) in [6, 6.07) is 8.35. The molecule has 0 unspecified atom stereocenters. The van der Waals surface area contributed by atoms with Crippen molar-refractivity contribution >= 4 is 16.7 Å². The first-order valence-electron chi connectivity index (χ1n) is 4.82. The van der Waals surface area contributed by atoms with Crippen LogP contribution in [0.5, 0.6) is 0 Å². The lowest BCUT2D eigenvalue weighted by atomic mass is 10.2. The van der Waals surface area contributed by atoms with Crippen LogP contribution in [0.2, 0.25) is 0 Å². The van der Waals surface area contributed by atoms with Crippen molar-refractivity contribution < 1.29 is 4.39 Å². The molecule has 0 bridgehead atoms. The minimum absolute atomic E-state index is 0.243. The Balaban J connectivity index is 2.22. The van der Waals surface area contributed by atoms with E-state index in [-0.39, 0.29) is 5.82 Å². The van der Waals surface area contributed by atoms with E-state index in [0.717, 1.165) is 16.9 Å². The van der Waals surface area contributed by atoms with Crippen LogP contribution in [-0.4, -0.2) is 15.2 Å². The molecule has 0 saturated heterocycles. The summed E-state index contributed by atoms with van der Waals surface area (Å²) in [7, 11) is 0. The maximum atomic E-state index is 13.4. The third-order valence-corrected chi connectivity index (χ3v) is 2.50. The van der Waals surface area contributed by atoms with E-state index >= 15 is 0 Å². The second kappa shape index (κ2) is 3.10. The van der Waals surface area contributed by atoms with E-state index < -0.39 is 0 Å². The van der Waals surface area contributed by atoms with Gasteiger partial charge in [-0.1, -0.05) is 6.07 Å². The van der Waals surface area contributed by atoms with Gasteiger partial charge in [-0.25, -0.2) is 4.39 Å². The predicted octanol–water partition coefficient (Wildman–Crippen LogP) is 2.28. The maximum Gasteiger partial charge on any atom is 0.145 e. The fourth-order valence-corrected chi connectivity index (χ4v) is 1.74. The summed E-state index contributed by atoms with van der Waals surface area (Å²) in [4.78, 5) is 3.10. The van der Waals surface area contributed by atoms with Crippen molar-refractivity contribution in [2.45, 2.75) is 0 Å². The zero-order chi connectivity index (χ0) is 11.1. The van der Waals surface area contributed by atoms with E-state index in [1.54, 1.807) is 18.2 Å². The van der Waals surface area contributed by atoms with E-state index in [0.29, 0.717) is 11.2 Å². The first-order chi connectivity index (χ1) is 7.74. The van der Waals surface area contributed by atoms with Gasteiger partial charge in [-0.2, -0.15) is 5.10 Å². The average Bonchev–Trinajstić information content (AvgIpc) is 2.84. The van der Waals surface area contributed by atoms with Gasteiger partial charge in [0.15, 0.2) is 0 Å². The molecule has 1 aromatic carbocycles. The van der Waals surface area contributed by atoms with Crippen LogP contribution in [0.15, 0.2) is 30.3 Å². The summed E-state index contributed by atoms with van der Waals surface area (Å²) in [6.07, 6.45) is 0. The summed E-state index contributed by atoms with van der Waals surface area (Å²) in [5.41, 5.74) is 7.77. The Morgan fingerprint density at radius 2 is 2.06 bits per heavy atom. The van der Waals surface area contributed by atoms with Crippen molar-refractivity contribution in [2.75, 3.05) is 5.73 Å². The topological polar surface area (TPSA) is 70.5 Å². The van der Waals surface area contributed by atoms with Crippen LogP contribution in [-0.2, 0) is 0 Å². The summed E-state index contributed by atoms with van der Waals surface area (Å²) in [6.45, 7) is 0. The Kier molecular flexibility index (Phi) is 1.73. The molecule has 0 aliphatic heterocycles. The standard InChI is InChI=1S/C11H9FN4/c12-7-2-1-3-8-6(7)4-9(14-8)10-5-11(13)16-15-10/h1-5,14H,(H3,13,15,16). The zero-order valence-electron chi connectivity index (χ0n) is 8.29. The number of H-pyrrole nitrogens is 2. The molecular weight excluding hydrogens is 207 g/mol. The molecule has 80 valence electrons. The number of hydrogen-bond acceptors (Lipinski definition) is 2. The largest absolute Gasteiger partial charge is 0.382 e. The number of aromatic amines is 2. The molecule has 3 aromatic rings. The molecule has 0 saturated carbocycles. The number of anilines is 1. The molecule has 4 N–H and O–H groups in total. The monoisotopic (exact) mass is 216 g/mol. The van der Waals surface area contributed by atoms with Crippen molar-refractivity contribution in [3.05, 3.63) is 36.1 Å². The average molecular weight is 216 g/mol. The van der Waals surface area contributed by atoms with Crippen molar-refractivity contribution in [3.63, 3.8) is 0 Å². The van der Waals surface area contributed by atoms with Gasteiger partial charge in [-0.15, -0.1) is 0 Å². The predicted molar refractivity (Wildman–Crippen MR) is 60.3 cm³/mol. The van der Waals surface area contributed by atoms with Crippen LogP contribution in [0.4, 0.5) is 10.2 Å². The van der Waals surface area contributed by atoms with Gasteiger partial charge in [-0.3, -0.25) is 5.10 Å². The van der Waals surface area contributed by atoms with Crippen molar-refractivity contribution in [3.8, 4) is 11.4 Å². The molecule has 2 aromatic heterocycles. The summed E-state index contributed by atoms with van der Waals surface area (Å²) in [5.74, 6) is 0.168. The van der Waals surface area contributed by atoms with Crippen LogP contribution < -0.4 is 5.73 Å². The maximum absolute atomic E-state index is 13.4. The molecule has 0 fully saturated rings. The van der Waals surface area contributed by atoms with Gasteiger partial charge in [0.1, 0.15) is 11.6 Å². The Hall–Kier alpha value is -2.30. The number of halogens is 1. The SMILES string of the molecule is Nc1cc(-c2cc3c(F)cccc3[nH]2)[nH]n1. The molecule has 0 radical (unpaired) electrons. The van der Waals surface area contributed by atoms with Crippen molar-refractivity contribution in [1.29, 1.82) is 0 Å². The number of aromatic nitrogens is 3. The van der Waals surface area contributed by atoms with Gasteiger partial charge < -0.3 is 10.7 Å². The smallest absolute Gasteiger partial charge is 0.145 e. The number of benzene rings is 1. The van der Waals surface area contributed by atoms with Crippen LogP contribution in [0.25, 0.3) is 22.3 Å². The van der Waals surface area contributed by atoms with E-state index in [4.69, 9.17) is 5.73 Å². The first kappa shape index (κ1) is 8.96. The lowest BCUT2D eigenvalue weighted by Crippen LogP contribution is -1.81. The number of nitrogens with one attached hydrogen (secondary N) is 2. The van der Waals surface area contributed by atoms with Crippen LogP contribution in [0.1, 0.15) is 0 Å². The van der Waals surface area contributed by atoms with Gasteiger partial charge in [0.25, 0.3) is 0 Å². The summed E-state index contributed by atoms with van der Waals surface area (Å²) >= 11 is 0. The highest BCUT2D eigenvalue weighted by molar-refractivity contribution is 5.85. The first-order valence-corrected chi connectivity index (χ1v) is 4.82. The normalized spacial score (nSPS) is 11.1. The van der Waals surface area contributed by atoms with E-state index in [1.165, 1.54) is 6.07 Å². The fraction of sp³-hybridized carbons (Fsp3) is 0. The van der Waals surface area contributed by atoms with Crippen molar-refractivity contribution in [1.82, 2.24) is 15.2 Å². The molecule has 0 aliphatic carbocycles. The number of fused-ring (bicyclic) bond motifs is 1. The molecule has 4 nitrogen and oxygen atoms in total. The van der Waals surface area contributed by atoms with Crippen LogP contribution in [0, 0.1) is 5.82 Å². The van der Waals surface area contributed by atoms with Gasteiger partial charge in [0.05, 0.1) is 11.4 Å². The zero-order valence-corrected chi connectivity index (χ0v) is 8.29. The highest BCUT2D eigenvalue weighted by atomic mass is 19.1. The molecule has 0 atom stereocenters. The number of nitrogens with zero attached hydrogens (tertiary/aromatic N) is 1. The quantitative estimate of drug-likeness (QED) is 0.584. The third-order valence-electron chi connectivity index (χ3n) is 2.50. The fourth-order valence-electron chi connectivity index (χ4n) is 1.74. The minimum Gasteiger partial charge on any atom is -0.382 e. The summed E-state index contributed by atoms with van der Waals surface area (Å²) < 4.78 is 13.4.